The molecule has 0 amide bonds. The third-order valence-electron chi connectivity index (χ3n) is 1.14. The molecule has 0 aliphatic rings. The van der Waals surface area contributed by atoms with Crippen molar-refractivity contribution in [2.45, 2.75) is 3.98 Å². The Labute approximate surface area is 94.3 Å². The maximum Gasteiger partial charge on any atom is 0.338 e. The van der Waals surface area contributed by atoms with Crippen LogP contribution < -0.4 is 4.74 Å². The van der Waals surface area contributed by atoms with Crippen molar-refractivity contribution in [2.24, 2.45) is 0 Å². The number of hydrogen-bond acceptors (Lipinski definition) is 1. The highest BCUT2D eigenvalue weighted by molar-refractivity contribution is 6.66. The molecule has 0 spiro atoms. The van der Waals surface area contributed by atoms with Crippen LogP contribution >= 0.6 is 46.4 Å². The number of ether oxygens (including phenoxy) is 1. The third kappa shape index (κ3) is 3.39. The first-order valence-corrected chi connectivity index (χ1v) is 4.61. The standard InChI is InChI=1S/C7H3Cl4FO/c8-4-2-1-3-5(12)6(4)13-7(9,10)11/h1-3H. The van der Waals surface area contributed by atoms with Gasteiger partial charge in [0.05, 0.1) is 5.02 Å². The lowest BCUT2D eigenvalue weighted by Crippen LogP contribution is -2.13. The molecule has 0 radical (unpaired) electrons. The van der Waals surface area contributed by atoms with Gasteiger partial charge >= 0.3 is 3.98 Å². The fraction of sp³-hybridized carbons (Fsp3) is 0.143. The molecule has 1 aromatic rings. The lowest BCUT2D eigenvalue weighted by atomic mass is 10.3. The lowest BCUT2D eigenvalue weighted by Gasteiger charge is -2.14. The van der Waals surface area contributed by atoms with Crippen molar-refractivity contribution in [3.63, 3.8) is 0 Å². The molecule has 0 N–H and O–H groups in total. The third-order valence-corrected chi connectivity index (χ3v) is 1.67. The number of halogens is 5. The molecule has 1 nitrogen and oxygen atoms in total. The molecule has 0 fully saturated rings. The maximum absolute atomic E-state index is 13.0. The van der Waals surface area contributed by atoms with E-state index in [9.17, 15) is 4.39 Å². The van der Waals surface area contributed by atoms with E-state index in [0.29, 0.717) is 0 Å². The van der Waals surface area contributed by atoms with Crippen molar-refractivity contribution < 1.29 is 9.13 Å². The first-order valence-electron chi connectivity index (χ1n) is 3.10. The van der Waals surface area contributed by atoms with Crippen LogP contribution in [0.2, 0.25) is 5.02 Å². The molecule has 1 rings (SSSR count). The normalized spacial score (nSPS) is 11.5. The van der Waals surface area contributed by atoms with Crippen molar-refractivity contribution in [1.82, 2.24) is 0 Å². The van der Waals surface area contributed by atoms with Gasteiger partial charge in [0, 0.05) is 0 Å². The Hall–Kier alpha value is 0.110. The van der Waals surface area contributed by atoms with Crippen LogP contribution in [0, 0.1) is 5.82 Å². The summed E-state index contributed by atoms with van der Waals surface area (Å²) < 4.78 is 15.6. The van der Waals surface area contributed by atoms with Crippen molar-refractivity contribution in [3.05, 3.63) is 29.0 Å². The quantitative estimate of drug-likeness (QED) is 0.691. The van der Waals surface area contributed by atoms with E-state index in [1.165, 1.54) is 12.1 Å². The first-order chi connectivity index (χ1) is 5.90. The SMILES string of the molecule is Fc1cccc(Cl)c1OC(Cl)(Cl)Cl. The molecule has 0 saturated carbocycles. The van der Waals surface area contributed by atoms with Gasteiger partial charge in [0.1, 0.15) is 0 Å². The van der Waals surface area contributed by atoms with E-state index in [4.69, 9.17) is 46.4 Å². The molecule has 0 aliphatic heterocycles. The summed E-state index contributed by atoms with van der Waals surface area (Å²) in [5, 5.41) is 0.0475. The number of rotatable bonds is 1. The van der Waals surface area contributed by atoms with E-state index < -0.39 is 9.80 Å². The second kappa shape index (κ2) is 4.09. The van der Waals surface area contributed by atoms with Crippen molar-refractivity contribution in [2.75, 3.05) is 0 Å². The first kappa shape index (κ1) is 11.2. The van der Waals surface area contributed by atoms with E-state index in [1.54, 1.807) is 0 Å². The van der Waals surface area contributed by atoms with Crippen LogP contribution in [0.3, 0.4) is 0 Å². The summed E-state index contributed by atoms with van der Waals surface area (Å²) in [6.07, 6.45) is 0. The Bertz CT molecular complexity index is 290. The van der Waals surface area contributed by atoms with Crippen molar-refractivity contribution >= 4 is 46.4 Å². The predicted molar refractivity (Wildman–Crippen MR) is 52.3 cm³/mol. The molecule has 0 aromatic heterocycles. The molecule has 0 aliphatic carbocycles. The molecule has 72 valence electrons. The van der Waals surface area contributed by atoms with E-state index >= 15 is 0 Å². The van der Waals surface area contributed by atoms with E-state index in [2.05, 4.69) is 4.74 Å². The zero-order valence-electron chi connectivity index (χ0n) is 6.03. The average molecular weight is 264 g/mol. The summed E-state index contributed by atoms with van der Waals surface area (Å²) in [6.45, 7) is 0. The predicted octanol–water partition coefficient (Wildman–Crippen LogP) is 4.19. The van der Waals surface area contributed by atoms with Crippen LogP contribution in [-0.4, -0.2) is 3.98 Å². The van der Waals surface area contributed by atoms with Crippen LogP contribution in [0.1, 0.15) is 0 Å². The topological polar surface area (TPSA) is 9.23 Å². The second-order valence-electron chi connectivity index (χ2n) is 2.10. The van der Waals surface area contributed by atoms with Gasteiger partial charge in [0.25, 0.3) is 0 Å². The summed E-state index contributed by atoms with van der Waals surface area (Å²) in [5.41, 5.74) is 0. The smallest absolute Gasteiger partial charge is 0.338 e. The molecule has 1 aromatic carbocycles. The van der Waals surface area contributed by atoms with Gasteiger partial charge in [0.15, 0.2) is 11.6 Å². The number of para-hydroxylation sites is 1. The van der Waals surface area contributed by atoms with Crippen LogP contribution in [0.25, 0.3) is 0 Å². The fourth-order valence-electron chi connectivity index (χ4n) is 0.696. The molecular weight excluding hydrogens is 261 g/mol. The summed E-state index contributed by atoms with van der Waals surface area (Å²) in [6, 6.07) is 4.00. The van der Waals surface area contributed by atoms with Gasteiger partial charge in [-0.3, -0.25) is 0 Å². The zero-order chi connectivity index (χ0) is 10.1. The van der Waals surface area contributed by atoms with Gasteiger partial charge < -0.3 is 4.74 Å². The monoisotopic (exact) mass is 262 g/mol. The number of benzene rings is 1. The highest BCUT2D eigenvalue weighted by atomic mass is 35.6. The molecule has 0 saturated heterocycles. The Balaban J connectivity index is 3.00. The molecule has 0 atom stereocenters. The molecule has 6 heteroatoms. The maximum atomic E-state index is 13.0. The van der Waals surface area contributed by atoms with Gasteiger partial charge in [-0.1, -0.05) is 17.7 Å². The largest absolute Gasteiger partial charge is 0.441 e. The molecular formula is C7H3Cl4FO. The van der Waals surface area contributed by atoms with Crippen molar-refractivity contribution in [1.29, 1.82) is 0 Å². The minimum atomic E-state index is -2.02. The Morgan fingerprint density at radius 1 is 1.23 bits per heavy atom. The minimum absolute atomic E-state index is 0.0475. The van der Waals surface area contributed by atoms with Crippen molar-refractivity contribution in [3.8, 4) is 5.75 Å². The van der Waals surface area contributed by atoms with Gasteiger partial charge in [-0.05, 0) is 46.9 Å². The Morgan fingerprint density at radius 3 is 2.31 bits per heavy atom. The highest BCUT2D eigenvalue weighted by Crippen LogP contribution is 2.35. The highest BCUT2D eigenvalue weighted by Gasteiger charge is 2.25. The van der Waals surface area contributed by atoms with E-state index in [0.717, 1.165) is 6.07 Å². The van der Waals surface area contributed by atoms with Crippen LogP contribution in [0.4, 0.5) is 4.39 Å². The van der Waals surface area contributed by atoms with Crippen LogP contribution in [-0.2, 0) is 0 Å². The van der Waals surface area contributed by atoms with Gasteiger partial charge in [-0.2, -0.15) is 0 Å². The summed E-state index contributed by atoms with van der Waals surface area (Å²) >= 11 is 21.5. The minimum Gasteiger partial charge on any atom is -0.441 e. The van der Waals surface area contributed by atoms with E-state index in [-0.39, 0.29) is 10.8 Å². The molecule has 0 bridgehead atoms. The second-order valence-corrected chi connectivity index (χ2v) is 4.68. The zero-order valence-corrected chi connectivity index (χ0v) is 9.05. The molecule has 13 heavy (non-hydrogen) atoms. The van der Waals surface area contributed by atoms with Gasteiger partial charge in [-0.25, -0.2) is 4.39 Å². The Morgan fingerprint density at radius 2 is 1.85 bits per heavy atom. The molecule has 0 heterocycles. The fourth-order valence-corrected chi connectivity index (χ4v) is 1.13. The lowest BCUT2D eigenvalue weighted by molar-refractivity contribution is 0.303. The summed E-state index contributed by atoms with van der Waals surface area (Å²) in [4.78, 5) is 0. The van der Waals surface area contributed by atoms with Crippen LogP contribution in [0.15, 0.2) is 18.2 Å². The van der Waals surface area contributed by atoms with Crippen LogP contribution in [0.5, 0.6) is 5.75 Å². The number of hydrogen-bond donors (Lipinski definition) is 0. The van der Waals surface area contributed by atoms with Gasteiger partial charge in [-0.15, -0.1) is 0 Å². The summed E-state index contributed by atoms with van der Waals surface area (Å²) in [7, 11) is 0. The number of alkyl halides is 3. The average Bonchev–Trinajstić information content (AvgIpc) is 1.95. The van der Waals surface area contributed by atoms with Gasteiger partial charge in [0.2, 0.25) is 0 Å². The van der Waals surface area contributed by atoms with E-state index in [1.807, 2.05) is 0 Å². The summed E-state index contributed by atoms with van der Waals surface area (Å²) in [5.74, 6) is -0.956. The molecule has 0 unspecified atom stereocenters. The Kier molecular flexibility index (Phi) is 3.52.